The number of anilines is 2. The number of thioether (sulfide) groups is 1. The molecule has 5 N–H and O–H groups in total. The first-order valence-electron chi connectivity index (χ1n) is 14.3. The third kappa shape index (κ3) is 6.07. The average molecular weight is 623 g/mol. The molecule has 44 heavy (non-hydrogen) atoms. The molecule has 0 unspecified atom stereocenters. The lowest BCUT2D eigenvalue weighted by molar-refractivity contribution is -0.163. The Morgan fingerprint density at radius 1 is 1.02 bits per heavy atom. The van der Waals surface area contributed by atoms with E-state index in [-0.39, 0.29) is 34.2 Å². The summed E-state index contributed by atoms with van der Waals surface area (Å²) in [6.45, 7) is 5.58. The van der Waals surface area contributed by atoms with E-state index < -0.39 is 42.0 Å². The minimum absolute atomic E-state index is 0.0346. The lowest BCUT2D eigenvalue weighted by Crippen LogP contribution is -2.63. The first-order chi connectivity index (χ1) is 20.8. The molecule has 232 valence electrons. The first kappa shape index (κ1) is 31.2. The van der Waals surface area contributed by atoms with E-state index in [0.717, 1.165) is 5.56 Å². The van der Waals surface area contributed by atoms with Crippen LogP contribution in [0.4, 0.5) is 11.4 Å². The quantitative estimate of drug-likeness (QED) is 0.248. The maximum Gasteiger partial charge on any atom is 0.353 e. The molecule has 3 aliphatic heterocycles. The van der Waals surface area contributed by atoms with Crippen LogP contribution in [0.2, 0.25) is 0 Å². The van der Waals surface area contributed by atoms with Crippen LogP contribution in [0.25, 0.3) is 0 Å². The van der Waals surface area contributed by atoms with Gasteiger partial charge >= 0.3 is 11.9 Å². The zero-order valence-electron chi connectivity index (χ0n) is 24.4. The van der Waals surface area contributed by atoms with E-state index in [2.05, 4.69) is 10.6 Å². The fraction of sp³-hybridized carbons (Fsp3) is 0.387. The van der Waals surface area contributed by atoms with Crippen molar-refractivity contribution >= 4 is 52.8 Å². The van der Waals surface area contributed by atoms with Crippen molar-refractivity contribution in [1.82, 2.24) is 9.80 Å². The van der Waals surface area contributed by atoms with Gasteiger partial charge in [-0.2, -0.15) is 0 Å². The normalized spacial score (nSPS) is 25.3. The Labute approximate surface area is 258 Å². The summed E-state index contributed by atoms with van der Waals surface area (Å²) in [5.41, 5.74) is 1.77. The van der Waals surface area contributed by atoms with Gasteiger partial charge in [-0.15, -0.1) is 11.8 Å². The van der Waals surface area contributed by atoms with Crippen LogP contribution in [0.1, 0.15) is 43.1 Å². The molecular formula is C31H34N4O8S. The van der Waals surface area contributed by atoms with Crippen molar-refractivity contribution < 1.29 is 39.3 Å². The monoisotopic (exact) mass is 622 g/mol. The third-order valence-electron chi connectivity index (χ3n) is 8.28. The van der Waals surface area contributed by atoms with Crippen LogP contribution in [-0.2, 0) is 25.7 Å². The molecule has 3 amide bonds. The molecule has 2 aromatic carbocycles. The fourth-order valence-corrected chi connectivity index (χ4v) is 7.95. The summed E-state index contributed by atoms with van der Waals surface area (Å²) in [5.74, 6) is -4.27. The molecule has 5 rings (SSSR count). The van der Waals surface area contributed by atoms with Gasteiger partial charge in [-0.05, 0) is 49.2 Å². The molecule has 0 bridgehead atoms. The van der Waals surface area contributed by atoms with Gasteiger partial charge in [0.25, 0.3) is 0 Å². The molecule has 0 aliphatic carbocycles. The molecule has 13 heteroatoms. The number of likely N-dealkylation sites (tertiary alicyclic amines) is 1. The lowest BCUT2D eigenvalue weighted by atomic mass is 9.79. The molecule has 2 aromatic rings. The molecule has 12 nitrogen and oxygen atoms in total. The van der Waals surface area contributed by atoms with E-state index in [1.165, 1.54) is 42.6 Å². The molecule has 3 heterocycles. The van der Waals surface area contributed by atoms with Crippen LogP contribution >= 0.6 is 11.8 Å². The van der Waals surface area contributed by atoms with Gasteiger partial charge in [0.05, 0.1) is 29.7 Å². The highest BCUT2D eigenvalue weighted by Gasteiger charge is 2.60. The number of amides is 3. The number of carbonyl (C=O) groups is 5. The molecule has 2 fully saturated rings. The minimum Gasteiger partial charge on any atom is -0.478 e. The van der Waals surface area contributed by atoms with Gasteiger partial charge in [0.2, 0.25) is 17.7 Å². The van der Waals surface area contributed by atoms with Crippen molar-refractivity contribution in [3.05, 3.63) is 70.3 Å². The minimum atomic E-state index is -1.21. The molecule has 0 saturated carbocycles. The first-order valence-corrected chi connectivity index (χ1v) is 15.1. The van der Waals surface area contributed by atoms with Gasteiger partial charge in [0, 0.05) is 47.5 Å². The van der Waals surface area contributed by atoms with Crippen molar-refractivity contribution in [2.24, 2.45) is 11.8 Å². The van der Waals surface area contributed by atoms with E-state index in [4.69, 9.17) is 0 Å². The van der Waals surface area contributed by atoms with Crippen LogP contribution in [0, 0.1) is 11.8 Å². The second kappa shape index (κ2) is 12.4. The maximum absolute atomic E-state index is 13.7. The fourth-order valence-electron chi connectivity index (χ4n) is 6.39. The highest BCUT2D eigenvalue weighted by Crippen LogP contribution is 2.52. The van der Waals surface area contributed by atoms with Crippen LogP contribution in [0.15, 0.2) is 59.1 Å². The van der Waals surface area contributed by atoms with E-state index >= 15 is 0 Å². The Hall–Kier alpha value is -4.20. The number of aromatic carboxylic acids is 1. The number of carbonyl (C=O) groups excluding carboxylic acids is 3. The number of aliphatic hydroxyl groups excluding tert-OH is 1. The number of aliphatic hydroxyl groups is 1. The number of fused-ring (bicyclic) bond motifs is 1. The second-order valence-electron chi connectivity index (χ2n) is 11.4. The predicted molar refractivity (Wildman–Crippen MR) is 163 cm³/mol. The van der Waals surface area contributed by atoms with Gasteiger partial charge < -0.3 is 30.9 Å². The van der Waals surface area contributed by atoms with E-state index in [1.54, 1.807) is 24.3 Å². The topological polar surface area (TPSA) is 177 Å². The number of carboxylic acids is 2. The van der Waals surface area contributed by atoms with E-state index in [9.17, 15) is 39.3 Å². The second-order valence-corrected chi connectivity index (χ2v) is 12.8. The zero-order chi connectivity index (χ0) is 31.9. The lowest BCUT2D eigenvalue weighted by Gasteiger charge is -2.46. The van der Waals surface area contributed by atoms with Crippen LogP contribution in [0.3, 0.4) is 0 Å². The number of nitrogens with zero attached hydrogens (tertiary/aromatic N) is 2. The van der Waals surface area contributed by atoms with Gasteiger partial charge in [-0.25, -0.2) is 9.59 Å². The van der Waals surface area contributed by atoms with Gasteiger partial charge in [-0.3, -0.25) is 19.3 Å². The summed E-state index contributed by atoms with van der Waals surface area (Å²) in [6, 6.07) is 12.2. The Kier molecular flexibility index (Phi) is 8.82. The summed E-state index contributed by atoms with van der Waals surface area (Å²) in [5, 5.41) is 35.0. The zero-order valence-corrected chi connectivity index (χ0v) is 25.2. The summed E-state index contributed by atoms with van der Waals surface area (Å²) in [4.78, 5) is 65.6. The van der Waals surface area contributed by atoms with E-state index in [1.807, 2.05) is 24.0 Å². The summed E-state index contributed by atoms with van der Waals surface area (Å²) < 4.78 is 0. The van der Waals surface area contributed by atoms with Crippen molar-refractivity contribution in [1.29, 1.82) is 0 Å². The Balaban J connectivity index is 1.40. The number of hydrogen-bond acceptors (Lipinski definition) is 8. The summed E-state index contributed by atoms with van der Waals surface area (Å²) >= 11 is 1.35. The smallest absolute Gasteiger partial charge is 0.353 e. The molecule has 0 spiro atoms. The molecule has 2 saturated heterocycles. The molecular weight excluding hydrogens is 588 g/mol. The number of carboxylic acid groups (broad SMARTS) is 2. The number of β-lactam (4-membered cyclic amide) rings is 1. The summed E-state index contributed by atoms with van der Waals surface area (Å²) in [6.07, 6.45) is -0.546. The van der Waals surface area contributed by atoms with Crippen molar-refractivity contribution in [2.45, 2.75) is 57.2 Å². The highest BCUT2D eigenvalue weighted by atomic mass is 32.2. The van der Waals surface area contributed by atoms with E-state index in [0.29, 0.717) is 35.8 Å². The Bertz CT molecular complexity index is 1560. The van der Waals surface area contributed by atoms with Crippen molar-refractivity contribution in [2.75, 3.05) is 17.2 Å². The molecule has 0 radical (unpaired) electrons. The van der Waals surface area contributed by atoms with Gasteiger partial charge in [0.15, 0.2) is 0 Å². The van der Waals surface area contributed by atoms with Crippen LogP contribution in [-0.4, -0.2) is 84.8 Å². The number of benzene rings is 2. The third-order valence-corrected chi connectivity index (χ3v) is 9.78. The number of aliphatic carboxylic acids is 1. The number of nitrogens with one attached hydrogen (secondary N) is 2. The van der Waals surface area contributed by atoms with Gasteiger partial charge in [0.1, 0.15) is 5.70 Å². The number of rotatable bonds is 10. The molecule has 6 atom stereocenters. The SMILES string of the molecule is CC(=O)Nc1cccc(CN2C[C@@H](SC3=C(C(=O)O)N4C(=O)[C@H]([C@@H](C)O)[C@H]4[C@H]3C)C[C@H]2C(=O)Nc2cccc(C(=O)O)c2)c1. The largest absolute Gasteiger partial charge is 0.478 e. The average Bonchev–Trinajstić information content (AvgIpc) is 3.45. The van der Waals surface area contributed by atoms with Crippen LogP contribution < -0.4 is 10.6 Å². The van der Waals surface area contributed by atoms with Crippen molar-refractivity contribution in [3.63, 3.8) is 0 Å². The maximum atomic E-state index is 13.7. The van der Waals surface area contributed by atoms with Crippen molar-refractivity contribution in [3.8, 4) is 0 Å². The Morgan fingerprint density at radius 2 is 1.70 bits per heavy atom. The van der Waals surface area contributed by atoms with Crippen LogP contribution in [0.5, 0.6) is 0 Å². The molecule has 3 aliphatic rings. The highest BCUT2D eigenvalue weighted by molar-refractivity contribution is 8.03. The standard InChI is InChI=1S/C31H34N4O8S/c1-15-25-24(16(2)36)29(39)35(25)26(31(42)43)27(15)44-22-12-23(28(38)33-21-9-5-7-19(11-21)30(40)41)34(14-22)13-18-6-4-8-20(10-18)32-17(3)37/h4-11,15-16,22-25,36H,12-14H2,1-3H3,(H,32,37)(H,33,38)(H,40,41)(H,42,43)/t15-,16-,22+,23+,24-,25-/m1/s1. The summed E-state index contributed by atoms with van der Waals surface area (Å²) in [7, 11) is 0. The molecule has 0 aromatic heterocycles. The Morgan fingerprint density at radius 3 is 2.34 bits per heavy atom. The van der Waals surface area contributed by atoms with Gasteiger partial charge in [-0.1, -0.05) is 25.1 Å². The number of hydrogen-bond donors (Lipinski definition) is 5. The predicted octanol–water partition coefficient (Wildman–Crippen LogP) is 2.81.